The van der Waals surface area contributed by atoms with E-state index >= 15 is 4.39 Å². The van der Waals surface area contributed by atoms with Gasteiger partial charge in [0, 0.05) is 0 Å². The number of aliphatic hydroxyl groups excluding tert-OH is 2. The van der Waals surface area contributed by atoms with Crippen LogP contribution in [0.25, 0.3) is 0 Å². The average molecular weight is 572 g/mol. The van der Waals surface area contributed by atoms with E-state index in [1.54, 1.807) is 0 Å². The Kier molecular flexibility index (Phi) is 8.00. The molecule has 0 unspecified atom stereocenters. The van der Waals surface area contributed by atoms with Gasteiger partial charge in [-0.05, 0) is 16.7 Å². The lowest BCUT2D eigenvalue weighted by molar-refractivity contribution is -0.0573. The monoisotopic (exact) mass is 571 g/mol. The number of aromatic nitrogens is 2. The molecule has 3 N–H and O–H groups in total. The van der Waals surface area contributed by atoms with Gasteiger partial charge in [-0.25, -0.2) is 13.8 Å². The normalized spacial score (nSPS) is 21.9. The van der Waals surface area contributed by atoms with Crippen LogP contribution in [0.1, 0.15) is 22.9 Å². The highest BCUT2D eigenvalue weighted by molar-refractivity contribution is 5.64. The predicted octanol–water partition coefficient (Wildman–Crippen LogP) is 3.26. The molecule has 0 saturated carbocycles. The summed E-state index contributed by atoms with van der Waals surface area (Å²) in [5, 5.41) is 23.6. The van der Waals surface area contributed by atoms with Gasteiger partial charge in [-0.15, -0.1) is 6.42 Å². The number of benzene rings is 3. The zero-order valence-corrected chi connectivity index (χ0v) is 23.0. The molecule has 4 aromatic rings. The molecule has 42 heavy (non-hydrogen) atoms. The van der Waals surface area contributed by atoms with Crippen LogP contribution < -0.4 is 20.5 Å². The van der Waals surface area contributed by atoms with Crippen LogP contribution in [-0.2, 0) is 10.3 Å². The molecule has 0 radical (unpaired) electrons. The first kappa shape index (κ1) is 28.8. The molecular weight excluding hydrogens is 541 g/mol. The molecule has 216 valence electrons. The number of anilines is 1. The molecule has 3 aromatic carbocycles. The number of hydrogen-bond acceptors (Lipinski definition) is 8. The van der Waals surface area contributed by atoms with E-state index in [1.165, 1.54) is 14.2 Å². The lowest BCUT2D eigenvalue weighted by Crippen LogP contribution is -2.45. The van der Waals surface area contributed by atoms with Crippen molar-refractivity contribution < 1.29 is 28.8 Å². The topological polar surface area (TPSA) is 115 Å². The third kappa shape index (κ3) is 4.58. The van der Waals surface area contributed by atoms with E-state index < -0.39 is 41.9 Å². The summed E-state index contributed by atoms with van der Waals surface area (Å²) in [4.78, 5) is 18.0. The number of alkyl halides is 1. The zero-order chi connectivity index (χ0) is 29.9. The number of terminal acetylenes is 1. The fourth-order valence-electron chi connectivity index (χ4n) is 5.43. The number of rotatable bonds is 9. The Balaban J connectivity index is 1.77. The molecule has 0 aliphatic carbocycles. The summed E-state index contributed by atoms with van der Waals surface area (Å²) in [7, 11) is 2.61. The van der Waals surface area contributed by atoms with Gasteiger partial charge < -0.3 is 29.7 Å². The fraction of sp³-hybridized carbons (Fsp3) is 0.250. The summed E-state index contributed by atoms with van der Waals surface area (Å²) in [6, 6.07) is 28.8. The van der Waals surface area contributed by atoms with Crippen molar-refractivity contribution in [2.24, 2.45) is 0 Å². The molecule has 1 aliphatic rings. The maximum absolute atomic E-state index is 16.0. The molecule has 2 heterocycles. The van der Waals surface area contributed by atoms with Crippen LogP contribution in [0.5, 0.6) is 11.6 Å². The van der Waals surface area contributed by atoms with Crippen LogP contribution in [0.4, 0.5) is 10.2 Å². The van der Waals surface area contributed by atoms with Gasteiger partial charge in [0.05, 0.1) is 20.8 Å². The molecule has 9 nitrogen and oxygen atoms in total. The van der Waals surface area contributed by atoms with Gasteiger partial charge in [-0.1, -0.05) is 96.9 Å². The maximum atomic E-state index is 16.0. The van der Waals surface area contributed by atoms with Crippen molar-refractivity contribution in [1.82, 2.24) is 9.55 Å². The van der Waals surface area contributed by atoms with E-state index in [4.69, 9.17) is 20.6 Å². The van der Waals surface area contributed by atoms with Gasteiger partial charge in [0.1, 0.15) is 17.7 Å². The van der Waals surface area contributed by atoms with Gasteiger partial charge in [-0.2, -0.15) is 4.98 Å². The summed E-state index contributed by atoms with van der Waals surface area (Å²) in [6.07, 6.45) is 0.282. The largest absolute Gasteiger partial charge is 0.489 e. The van der Waals surface area contributed by atoms with Crippen molar-refractivity contribution in [2.45, 2.75) is 29.6 Å². The Morgan fingerprint density at radius 2 is 1.50 bits per heavy atom. The van der Waals surface area contributed by atoms with E-state index in [0.29, 0.717) is 0 Å². The SMILES string of the molecule is C#C[C@@]1(F)[C@H](O)[C@@H](CO)O[C@H]1n1c(OC)c(OC)c(NC(c2ccccc2)(c2ccccc2)c2ccccc2)nc1=O. The first-order chi connectivity index (χ1) is 20.3. The van der Waals surface area contributed by atoms with Crippen LogP contribution in [-0.4, -0.2) is 58.5 Å². The minimum absolute atomic E-state index is 0.00502. The van der Waals surface area contributed by atoms with Crippen LogP contribution in [0.3, 0.4) is 0 Å². The number of nitrogens with one attached hydrogen (secondary N) is 1. The van der Waals surface area contributed by atoms with Crippen LogP contribution in [0.2, 0.25) is 0 Å². The minimum Gasteiger partial charge on any atom is -0.489 e. The third-order valence-corrected chi connectivity index (χ3v) is 7.45. The van der Waals surface area contributed by atoms with E-state index in [9.17, 15) is 15.0 Å². The van der Waals surface area contributed by atoms with Gasteiger partial charge in [-0.3, -0.25) is 0 Å². The van der Waals surface area contributed by atoms with Gasteiger partial charge in [0.15, 0.2) is 12.0 Å². The predicted molar refractivity (Wildman–Crippen MR) is 154 cm³/mol. The van der Waals surface area contributed by atoms with E-state index in [2.05, 4.69) is 10.3 Å². The number of halogens is 1. The highest BCUT2D eigenvalue weighted by Crippen LogP contribution is 2.46. The first-order valence-electron chi connectivity index (χ1n) is 13.2. The van der Waals surface area contributed by atoms with E-state index in [-0.39, 0.29) is 17.4 Å². The Morgan fingerprint density at radius 3 is 1.90 bits per heavy atom. The first-order valence-corrected chi connectivity index (χ1v) is 13.2. The summed E-state index contributed by atoms with van der Waals surface area (Å²) in [5.41, 5.74) is -2.47. The fourth-order valence-corrected chi connectivity index (χ4v) is 5.43. The van der Waals surface area contributed by atoms with Crippen molar-refractivity contribution in [3.05, 3.63) is 118 Å². The Morgan fingerprint density at radius 1 is 1.00 bits per heavy atom. The highest BCUT2D eigenvalue weighted by atomic mass is 19.1. The molecule has 0 spiro atoms. The number of nitrogens with zero attached hydrogens (tertiary/aromatic N) is 2. The molecule has 1 saturated heterocycles. The number of hydrogen-bond donors (Lipinski definition) is 3. The molecule has 5 rings (SSSR count). The second-order valence-electron chi connectivity index (χ2n) is 9.70. The smallest absolute Gasteiger partial charge is 0.354 e. The van der Waals surface area contributed by atoms with Gasteiger partial charge in [0.25, 0.3) is 0 Å². The highest BCUT2D eigenvalue weighted by Gasteiger charge is 2.58. The van der Waals surface area contributed by atoms with Crippen LogP contribution in [0.15, 0.2) is 95.8 Å². The Bertz CT molecular complexity index is 1530. The van der Waals surface area contributed by atoms with Crippen molar-refractivity contribution in [3.63, 3.8) is 0 Å². The van der Waals surface area contributed by atoms with Gasteiger partial charge in [0.2, 0.25) is 17.3 Å². The molecule has 10 heteroatoms. The zero-order valence-electron chi connectivity index (χ0n) is 23.0. The summed E-state index contributed by atoms with van der Waals surface area (Å²) in [5.74, 6) is 1.58. The molecular formula is C32H30FN3O6. The molecule has 4 atom stereocenters. The van der Waals surface area contributed by atoms with E-state index in [1.807, 2.05) is 96.9 Å². The number of aliphatic hydroxyl groups is 2. The summed E-state index contributed by atoms with van der Waals surface area (Å²) >= 11 is 0. The quantitative estimate of drug-likeness (QED) is 0.207. The van der Waals surface area contributed by atoms with Crippen molar-refractivity contribution in [2.75, 3.05) is 26.1 Å². The van der Waals surface area contributed by atoms with E-state index in [0.717, 1.165) is 21.3 Å². The Labute approximate surface area is 242 Å². The summed E-state index contributed by atoms with van der Waals surface area (Å²) in [6.45, 7) is -0.736. The summed E-state index contributed by atoms with van der Waals surface area (Å²) < 4.78 is 33.5. The van der Waals surface area contributed by atoms with Crippen molar-refractivity contribution in [3.8, 4) is 24.0 Å². The average Bonchev–Trinajstić information content (AvgIpc) is 3.29. The van der Waals surface area contributed by atoms with Crippen LogP contribution >= 0.6 is 0 Å². The lowest BCUT2D eigenvalue weighted by atomic mass is 9.77. The number of methoxy groups -OCH3 is 2. The van der Waals surface area contributed by atoms with Crippen molar-refractivity contribution >= 4 is 5.82 Å². The van der Waals surface area contributed by atoms with Crippen LogP contribution in [0, 0.1) is 12.3 Å². The standard InChI is InChI=1S/C32H30FN3O6/c1-4-31(33)26(38)24(20-37)42-29(31)36-28(41-3)25(40-2)27(34-30(36)39)35-32(21-14-8-5-9-15-21,22-16-10-6-11-17-22)23-18-12-7-13-19-23/h1,5-19,24,26,29,37-38H,20H2,2-3H3,(H,34,35,39)/t24-,26-,29-,31-/m1/s1. The molecule has 1 fully saturated rings. The molecule has 1 aliphatic heterocycles. The Hall–Kier alpha value is -4.69. The van der Waals surface area contributed by atoms with Crippen molar-refractivity contribution in [1.29, 1.82) is 0 Å². The molecule has 0 amide bonds. The molecule has 0 bridgehead atoms. The molecule has 1 aromatic heterocycles. The second kappa shape index (κ2) is 11.7. The van der Waals surface area contributed by atoms with Gasteiger partial charge >= 0.3 is 5.69 Å². The second-order valence-corrected chi connectivity index (χ2v) is 9.70. The number of ether oxygens (including phenoxy) is 3. The third-order valence-electron chi connectivity index (χ3n) is 7.45. The maximum Gasteiger partial charge on any atom is 0.354 e. The lowest BCUT2D eigenvalue weighted by Gasteiger charge is -2.38. The minimum atomic E-state index is -2.88.